The van der Waals surface area contributed by atoms with Crippen LogP contribution in [0.15, 0.2) is 34.8 Å². The van der Waals surface area contributed by atoms with Gasteiger partial charge in [-0.2, -0.15) is 0 Å². The summed E-state index contributed by atoms with van der Waals surface area (Å²) in [6.07, 6.45) is 0. The number of nitrogens with zero attached hydrogens (tertiary/aromatic N) is 2. The van der Waals surface area contributed by atoms with Crippen LogP contribution < -0.4 is 5.73 Å². The van der Waals surface area contributed by atoms with Gasteiger partial charge in [-0.25, -0.2) is 4.98 Å². The molecular formula is C16H16BrN3. The molecule has 0 atom stereocenters. The maximum atomic E-state index is 6.11. The van der Waals surface area contributed by atoms with Gasteiger partial charge >= 0.3 is 0 Å². The lowest BCUT2D eigenvalue weighted by molar-refractivity contribution is 1.09. The SMILES string of the molecule is Cc1ccc2nc(N)n(-c3cc(C)c(Br)c(C)c3)c2c1. The number of anilines is 1. The van der Waals surface area contributed by atoms with Crippen molar-refractivity contribution in [3.8, 4) is 5.69 Å². The smallest absolute Gasteiger partial charge is 0.205 e. The zero-order valence-electron chi connectivity index (χ0n) is 11.7. The molecule has 3 nitrogen and oxygen atoms in total. The monoisotopic (exact) mass is 329 g/mol. The predicted molar refractivity (Wildman–Crippen MR) is 87.4 cm³/mol. The van der Waals surface area contributed by atoms with Crippen molar-refractivity contribution in [2.24, 2.45) is 0 Å². The number of hydrogen-bond donors (Lipinski definition) is 1. The number of halogens is 1. The van der Waals surface area contributed by atoms with Crippen molar-refractivity contribution in [2.45, 2.75) is 20.8 Å². The van der Waals surface area contributed by atoms with E-state index in [2.05, 4.69) is 66.0 Å². The first-order chi connectivity index (χ1) is 9.47. The summed E-state index contributed by atoms with van der Waals surface area (Å²) in [5, 5.41) is 0. The Bertz CT molecular complexity index is 795. The Hall–Kier alpha value is -1.81. The largest absolute Gasteiger partial charge is 0.369 e. The van der Waals surface area contributed by atoms with Crippen molar-refractivity contribution in [1.29, 1.82) is 0 Å². The number of fused-ring (bicyclic) bond motifs is 1. The third-order valence-corrected chi connectivity index (χ3v) is 4.77. The average molecular weight is 330 g/mol. The van der Waals surface area contributed by atoms with Crippen LogP contribution in [0.2, 0.25) is 0 Å². The van der Waals surface area contributed by atoms with Crippen LogP contribution in [0, 0.1) is 20.8 Å². The first kappa shape index (κ1) is 13.2. The summed E-state index contributed by atoms with van der Waals surface area (Å²) < 4.78 is 3.15. The van der Waals surface area contributed by atoms with Crippen LogP contribution in [0.1, 0.15) is 16.7 Å². The minimum absolute atomic E-state index is 0.520. The van der Waals surface area contributed by atoms with Crippen molar-refractivity contribution in [3.05, 3.63) is 51.5 Å². The molecule has 2 aromatic carbocycles. The van der Waals surface area contributed by atoms with Gasteiger partial charge < -0.3 is 5.73 Å². The minimum Gasteiger partial charge on any atom is -0.369 e. The highest BCUT2D eigenvalue weighted by Crippen LogP contribution is 2.29. The summed E-state index contributed by atoms with van der Waals surface area (Å²) in [5.41, 5.74) is 12.7. The number of benzene rings is 2. The number of rotatable bonds is 1. The third kappa shape index (κ3) is 2.00. The molecular weight excluding hydrogens is 314 g/mol. The van der Waals surface area contributed by atoms with Gasteiger partial charge in [-0.05, 0) is 61.7 Å². The van der Waals surface area contributed by atoms with E-state index in [1.165, 1.54) is 16.7 Å². The number of nitrogen functional groups attached to an aromatic ring is 1. The van der Waals surface area contributed by atoms with Crippen molar-refractivity contribution in [3.63, 3.8) is 0 Å². The number of nitrogens with two attached hydrogens (primary N) is 1. The molecule has 20 heavy (non-hydrogen) atoms. The first-order valence-corrected chi connectivity index (χ1v) is 7.28. The molecule has 0 amide bonds. The molecule has 0 radical (unpaired) electrons. The molecule has 1 aromatic heterocycles. The molecule has 0 aliphatic rings. The molecule has 0 aliphatic heterocycles. The van der Waals surface area contributed by atoms with E-state index < -0.39 is 0 Å². The number of imidazole rings is 1. The summed E-state index contributed by atoms with van der Waals surface area (Å²) in [4.78, 5) is 4.44. The standard InChI is InChI=1S/C16H16BrN3/c1-9-4-5-13-14(6-9)20(16(18)19-13)12-7-10(2)15(17)11(3)8-12/h4-8H,1-3H3,(H2,18,19). The molecule has 0 fully saturated rings. The highest BCUT2D eigenvalue weighted by atomic mass is 79.9. The van der Waals surface area contributed by atoms with Gasteiger partial charge in [-0.3, -0.25) is 4.57 Å². The Kier molecular flexibility index (Phi) is 3.05. The maximum Gasteiger partial charge on any atom is 0.205 e. The van der Waals surface area contributed by atoms with E-state index in [4.69, 9.17) is 5.73 Å². The number of hydrogen-bond acceptors (Lipinski definition) is 2. The second-order valence-corrected chi connectivity index (χ2v) is 5.98. The molecule has 4 heteroatoms. The summed E-state index contributed by atoms with van der Waals surface area (Å²) in [7, 11) is 0. The van der Waals surface area contributed by atoms with Crippen LogP contribution in [0.3, 0.4) is 0 Å². The number of aromatic nitrogens is 2. The van der Waals surface area contributed by atoms with E-state index in [0.717, 1.165) is 21.2 Å². The maximum absolute atomic E-state index is 6.11. The topological polar surface area (TPSA) is 43.8 Å². The normalized spacial score (nSPS) is 11.2. The quantitative estimate of drug-likeness (QED) is 0.723. The van der Waals surface area contributed by atoms with Gasteiger partial charge in [-0.15, -0.1) is 0 Å². The van der Waals surface area contributed by atoms with Gasteiger partial charge in [0.1, 0.15) is 0 Å². The zero-order chi connectivity index (χ0) is 14.4. The highest BCUT2D eigenvalue weighted by molar-refractivity contribution is 9.10. The molecule has 0 aliphatic carbocycles. The lowest BCUT2D eigenvalue weighted by Crippen LogP contribution is -2.02. The van der Waals surface area contributed by atoms with Gasteiger partial charge in [0, 0.05) is 10.2 Å². The molecule has 3 rings (SSSR count). The molecule has 1 heterocycles. The van der Waals surface area contributed by atoms with E-state index >= 15 is 0 Å². The zero-order valence-corrected chi connectivity index (χ0v) is 13.3. The Balaban J connectivity index is 2.34. The van der Waals surface area contributed by atoms with Gasteiger partial charge in [0.05, 0.1) is 11.0 Å². The molecule has 0 spiro atoms. The Labute approximate surface area is 126 Å². The van der Waals surface area contributed by atoms with E-state index in [9.17, 15) is 0 Å². The Morgan fingerprint density at radius 1 is 1.05 bits per heavy atom. The fourth-order valence-corrected chi connectivity index (χ4v) is 2.76. The second kappa shape index (κ2) is 4.63. The fourth-order valence-electron chi connectivity index (χ4n) is 2.53. The summed E-state index contributed by atoms with van der Waals surface area (Å²) in [5.74, 6) is 0.520. The van der Waals surface area contributed by atoms with Crippen LogP contribution in [-0.2, 0) is 0 Å². The molecule has 0 bridgehead atoms. The first-order valence-electron chi connectivity index (χ1n) is 6.49. The molecule has 2 N–H and O–H groups in total. The molecule has 0 saturated carbocycles. The second-order valence-electron chi connectivity index (χ2n) is 5.19. The van der Waals surface area contributed by atoms with Gasteiger partial charge in [0.2, 0.25) is 5.95 Å². The van der Waals surface area contributed by atoms with Crippen molar-refractivity contribution in [1.82, 2.24) is 9.55 Å². The van der Waals surface area contributed by atoms with Crippen molar-refractivity contribution < 1.29 is 0 Å². The van der Waals surface area contributed by atoms with Gasteiger partial charge in [0.25, 0.3) is 0 Å². The van der Waals surface area contributed by atoms with E-state index in [1.54, 1.807) is 0 Å². The lowest BCUT2D eigenvalue weighted by Gasteiger charge is -2.11. The summed E-state index contributed by atoms with van der Waals surface area (Å²) >= 11 is 3.60. The molecule has 3 aromatic rings. The average Bonchev–Trinajstić information content (AvgIpc) is 2.70. The lowest BCUT2D eigenvalue weighted by atomic mass is 10.1. The fraction of sp³-hybridized carbons (Fsp3) is 0.188. The summed E-state index contributed by atoms with van der Waals surface area (Å²) in [6.45, 7) is 6.24. The molecule has 0 unspecified atom stereocenters. The number of aryl methyl sites for hydroxylation is 3. The molecule has 0 saturated heterocycles. The van der Waals surface area contributed by atoms with Crippen molar-refractivity contribution in [2.75, 3.05) is 5.73 Å². The predicted octanol–water partition coefficient (Wildman–Crippen LogP) is 4.30. The molecule has 102 valence electrons. The van der Waals surface area contributed by atoms with Crippen LogP contribution in [-0.4, -0.2) is 9.55 Å². The van der Waals surface area contributed by atoms with E-state index in [1.807, 2.05) is 10.6 Å². The van der Waals surface area contributed by atoms with Crippen LogP contribution in [0.25, 0.3) is 16.7 Å². The highest BCUT2D eigenvalue weighted by Gasteiger charge is 2.12. The van der Waals surface area contributed by atoms with Crippen LogP contribution in [0.4, 0.5) is 5.95 Å². The van der Waals surface area contributed by atoms with E-state index in [0.29, 0.717) is 5.95 Å². The minimum atomic E-state index is 0.520. The Morgan fingerprint density at radius 3 is 2.35 bits per heavy atom. The van der Waals surface area contributed by atoms with E-state index in [-0.39, 0.29) is 0 Å². The van der Waals surface area contributed by atoms with Gasteiger partial charge in [0.15, 0.2) is 0 Å². The third-order valence-electron chi connectivity index (χ3n) is 3.52. The summed E-state index contributed by atoms with van der Waals surface area (Å²) in [6, 6.07) is 10.4. The van der Waals surface area contributed by atoms with Crippen LogP contribution >= 0.6 is 15.9 Å². The van der Waals surface area contributed by atoms with Gasteiger partial charge in [-0.1, -0.05) is 22.0 Å². The Morgan fingerprint density at radius 2 is 1.70 bits per heavy atom. The van der Waals surface area contributed by atoms with Crippen LogP contribution in [0.5, 0.6) is 0 Å². The van der Waals surface area contributed by atoms with Crippen molar-refractivity contribution >= 4 is 32.9 Å².